The second-order valence-electron chi connectivity index (χ2n) is 7.86. The van der Waals surface area contributed by atoms with Crippen LogP contribution < -0.4 is 11.1 Å². The van der Waals surface area contributed by atoms with Gasteiger partial charge in [0.1, 0.15) is 0 Å². The Hall–Kier alpha value is -3.33. The molecule has 0 aliphatic heterocycles. The maximum Gasteiger partial charge on any atom is 0.254 e. The van der Waals surface area contributed by atoms with Gasteiger partial charge in [0.05, 0.1) is 5.69 Å². The first-order valence-electron chi connectivity index (χ1n) is 10.7. The van der Waals surface area contributed by atoms with Crippen molar-refractivity contribution in [2.45, 2.75) is 53.4 Å². The van der Waals surface area contributed by atoms with Gasteiger partial charge >= 0.3 is 0 Å². The quantitative estimate of drug-likeness (QED) is 0.436. The Morgan fingerprint density at radius 3 is 2.56 bits per heavy atom. The molecule has 0 radical (unpaired) electrons. The van der Waals surface area contributed by atoms with Crippen LogP contribution in [0, 0.1) is 20.8 Å². The Kier molecular flexibility index (Phi) is 6.18. The molecular weight excluding hydrogens is 422 g/mol. The van der Waals surface area contributed by atoms with E-state index in [0.29, 0.717) is 23.8 Å². The third kappa shape index (κ3) is 4.47. The topological polar surface area (TPSA) is 111 Å². The maximum absolute atomic E-state index is 12.6. The van der Waals surface area contributed by atoms with E-state index >= 15 is 0 Å². The summed E-state index contributed by atoms with van der Waals surface area (Å²) in [5, 5.41) is 7.74. The number of amides is 1. The number of nitrogens with zero attached hydrogens (tertiary/aromatic N) is 5. The van der Waals surface area contributed by atoms with E-state index in [0.717, 1.165) is 45.9 Å². The molecule has 0 bridgehead atoms. The van der Waals surface area contributed by atoms with E-state index < -0.39 is 0 Å². The van der Waals surface area contributed by atoms with Crippen LogP contribution in [-0.2, 0) is 17.6 Å². The Morgan fingerprint density at radius 2 is 1.84 bits per heavy atom. The number of fused-ring (bicyclic) bond motifs is 1. The molecule has 9 heteroatoms. The number of nitrogens with two attached hydrogens (primary N) is 1. The lowest BCUT2D eigenvalue weighted by Gasteiger charge is -2.10. The molecule has 0 saturated carbocycles. The number of benzene rings is 1. The minimum Gasteiger partial charge on any atom is -0.366 e. The number of hydrogen-bond acceptors (Lipinski definition) is 7. The fourth-order valence-corrected chi connectivity index (χ4v) is 4.69. The summed E-state index contributed by atoms with van der Waals surface area (Å²) in [6.45, 7) is 8.05. The largest absolute Gasteiger partial charge is 0.366 e. The van der Waals surface area contributed by atoms with Gasteiger partial charge in [-0.3, -0.25) is 4.79 Å². The van der Waals surface area contributed by atoms with Crippen LogP contribution in [-0.4, -0.2) is 30.5 Å². The molecule has 0 fully saturated rings. The number of nitrogen functional groups attached to an aromatic ring is 1. The van der Waals surface area contributed by atoms with Crippen molar-refractivity contribution in [3.63, 3.8) is 0 Å². The summed E-state index contributed by atoms with van der Waals surface area (Å²) in [4.78, 5) is 26.9. The molecule has 8 nitrogen and oxygen atoms in total. The van der Waals surface area contributed by atoms with Crippen LogP contribution in [0.2, 0.25) is 0 Å². The van der Waals surface area contributed by atoms with Crippen molar-refractivity contribution >= 4 is 34.1 Å². The molecule has 0 aliphatic rings. The van der Waals surface area contributed by atoms with Crippen molar-refractivity contribution in [2.24, 2.45) is 0 Å². The zero-order valence-corrected chi connectivity index (χ0v) is 19.6. The Labute approximate surface area is 190 Å². The van der Waals surface area contributed by atoms with Crippen molar-refractivity contribution in [3.05, 3.63) is 51.7 Å². The van der Waals surface area contributed by atoms with Gasteiger partial charge in [-0.15, -0.1) is 16.4 Å². The van der Waals surface area contributed by atoms with Crippen molar-refractivity contribution < 1.29 is 4.79 Å². The molecule has 3 N–H and O–H groups in total. The van der Waals surface area contributed by atoms with E-state index in [1.165, 1.54) is 16.9 Å². The van der Waals surface area contributed by atoms with Gasteiger partial charge in [-0.05, 0) is 44.7 Å². The van der Waals surface area contributed by atoms with E-state index in [9.17, 15) is 4.79 Å². The lowest BCUT2D eigenvalue weighted by atomic mass is 10.1. The second kappa shape index (κ2) is 9.04. The van der Waals surface area contributed by atoms with Gasteiger partial charge in [-0.25, -0.2) is 9.97 Å². The van der Waals surface area contributed by atoms with Gasteiger partial charge in [-0.2, -0.15) is 9.50 Å². The Morgan fingerprint density at radius 1 is 1.09 bits per heavy atom. The fraction of sp³-hybridized carbons (Fsp3) is 0.348. The molecule has 1 aromatic carbocycles. The lowest BCUT2D eigenvalue weighted by Crippen LogP contribution is -2.14. The summed E-state index contributed by atoms with van der Waals surface area (Å²) in [5.41, 5.74) is 11.7. The SMILES string of the molecule is CCCc1ccc(-c2nc(NC(=O)CCc3c(C)nc4nc(N)nn4c3C)sc2C)cc1. The third-order valence-corrected chi connectivity index (χ3v) is 6.36. The van der Waals surface area contributed by atoms with Gasteiger partial charge in [0, 0.05) is 28.2 Å². The van der Waals surface area contributed by atoms with Crippen molar-refractivity contribution in [1.82, 2.24) is 24.6 Å². The number of hydrogen-bond donors (Lipinski definition) is 2. The van der Waals surface area contributed by atoms with Crippen molar-refractivity contribution in [3.8, 4) is 11.3 Å². The first kappa shape index (κ1) is 21.9. The Balaban J connectivity index is 1.44. The predicted molar refractivity (Wildman–Crippen MR) is 128 cm³/mol. The molecule has 32 heavy (non-hydrogen) atoms. The number of anilines is 2. The average molecular weight is 450 g/mol. The van der Waals surface area contributed by atoms with E-state index in [-0.39, 0.29) is 11.9 Å². The molecule has 4 aromatic rings. The Bertz CT molecular complexity index is 1270. The van der Waals surface area contributed by atoms with Gasteiger partial charge in [0.2, 0.25) is 11.9 Å². The molecule has 0 aliphatic carbocycles. The lowest BCUT2D eigenvalue weighted by molar-refractivity contribution is -0.116. The molecule has 3 heterocycles. The molecule has 0 atom stereocenters. The summed E-state index contributed by atoms with van der Waals surface area (Å²) in [6, 6.07) is 8.50. The second-order valence-corrected chi connectivity index (χ2v) is 9.07. The summed E-state index contributed by atoms with van der Waals surface area (Å²) in [5.74, 6) is 0.574. The molecule has 0 spiro atoms. The van der Waals surface area contributed by atoms with E-state index in [4.69, 9.17) is 5.73 Å². The number of thiazole rings is 1. The highest BCUT2D eigenvalue weighted by molar-refractivity contribution is 7.16. The first-order chi connectivity index (χ1) is 15.4. The van der Waals surface area contributed by atoms with Crippen LogP contribution in [0.3, 0.4) is 0 Å². The van der Waals surface area contributed by atoms with Crippen LogP contribution in [0.15, 0.2) is 24.3 Å². The van der Waals surface area contributed by atoms with Crippen molar-refractivity contribution in [2.75, 3.05) is 11.1 Å². The van der Waals surface area contributed by atoms with Gasteiger partial charge in [0.15, 0.2) is 5.13 Å². The fourth-order valence-electron chi connectivity index (χ4n) is 3.84. The third-order valence-electron chi connectivity index (χ3n) is 5.48. The normalized spacial score (nSPS) is 11.2. The zero-order chi connectivity index (χ0) is 22.8. The number of carbonyl (C=O) groups excluding carboxylic acids is 1. The number of rotatable bonds is 7. The predicted octanol–water partition coefficient (Wildman–Crippen LogP) is 4.28. The minimum absolute atomic E-state index is 0.0828. The summed E-state index contributed by atoms with van der Waals surface area (Å²) in [6.07, 6.45) is 3.06. The van der Waals surface area contributed by atoms with Crippen LogP contribution in [0.1, 0.15) is 47.2 Å². The van der Waals surface area contributed by atoms with Crippen LogP contribution in [0.5, 0.6) is 0 Å². The molecule has 0 saturated heterocycles. The van der Waals surface area contributed by atoms with Gasteiger partial charge < -0.3 is 11.1 Å². The molecule has 0 unspecified atom stereocenters. The van der Waals surface area contributed by atoms with Crippen LogP contribution >= 0.6 is 11.3 Å². The molecular formula is C23H27N7OS. The monoisotopic (exact) mass is 449 g/mol. The summed E-state index contributed by atoms with van der Waals surface area (Å²) >= 11 is 1.49. The van der Waals surface area contributed by atoms with Gasteiger partial charge in [-0.1, -0.05) is 37.6 Å². The van der Waals surface area contributed by atoms with Crippen molar-refractivity contribution in [1.29, 1.82) is 0 Å². The number of nitrogens with one attached hydrogen (secondary N) is 1. The highest BCUT2D eigenvalue weighted by atomic mass is 32.1. The summed E-state index contributed by atoms with van der Waals surface area (Å²) in [7, 11) is 0. The average Bonchev–Trinajstić information content (AvgIpc) is 3.30. The smallest absolute Gasteiger partial charge is 0.254 e. The molecule has 166 valence electrons. The maximum atomic E-state index is 12.6. The molecule has 1 amide bonds. The number of aromatic nitrogens is 5. The number of aryl methyl sites for hydroxylation is 4. The van der Waals surface area contributed by atoms with E-state index in [1.807, 2.05) is 20.8 Å². The molecule has 3 aromatic heterocycles. The van der Waals surface area contributed by atoms with E-state index in [1.54, 1.807) is 4.52 Å². The summed E-state index contributed by atoms with van der Waals surface area (Å²) < 4.78 is 1.62. The minimum atomic E-state index is -0.0828. The van der Waals surface area contributed by atoms with Gasteiger partial charge in [0.25, 0.3) is 5.78 Å². The van der Waals surface area contributed by atoms with Crippen LogP contribution in [0.4, 0.5) is 11.1 Å². The highest BCUT2D eigenvalue weighted by Crippen LogP contribution is 2.31. The highest BCUT2D eigenvalue weighted by Gasteiger charge is 2.16. The standard InChI is InChI=1S/C23H27N7OS/c1-5-6-16-7-9-17(10-8-16)20-15(4)32-23(27-20)26-19(31)12-11-18-13(2)25-22-28-21(24)29-30(22)14(18)3/h7-10H,5-6,11-12H2,1-4H3,(H2,24,29)(H,26,27,31). The number of carbonyl (C=O) groups is 1. The van der Waals surface area contributed by atoms with Crippen LogP contribution in [0.25, 0.3) is 17.0 Å². The zero-order valence-electron chi connectivity index (χ0n) is 18.8. The van der Waals surface area contributed by atoms with E-state index in [2.05, 4.69) is 56.6 Å². The first-order valence-corrected chi connectivity index (χ1v) is 11.5. The molecule has 4 rings (SSSR count).